The Morgan fingerprint density at radius 3 is 2.65 bits per heavy atom. The molecule has 0 atom stereocenters. The number of aromatic nitrogens is 3. The zero-order valence-electron chi connectivity index (χ0n) is 8.70. The Bertz CT molecular complexity index is 583. The van der Waals surface area contributed by atoms with E-state index in [4.69, 9.17) is 5.73 Å². The molecule has 0 amide bonds. The van der Waals surface area contributed by atoms with E-state index in [1.54, 1.807) is 0 Å². The van der Waals surface area contributed by atoms with E-state index in [0.717, 1.165) is 29.6 Å². The van der Waals surface area contributed by atoms with Crippen LogP contribution in [-0.2, 0) is 6.18 Å². The van der Waals surface area contributed by atoms with Gasteiger partial charge in [0.25, 0.3) is 0 Å². The number of halogens is 3. The van der Waals surface area contributed by atoms with E-state index in [2.05, 4.69) is 10.1 Å². The predicted octanol–water partition coefficient (Wildman–Crippen LogP) is 2.21. The lowest BCUT2D eigenvalue weighted by molar-refractivity contribution is -0.137. The van der Waals surface area contributed by atoms with Crippen LogP contribution in [0.4, 0.5) is 18.9 Å². The van der Waals surface area contributed by atoms with Gasteiger partial charge in [-0.25, -0.2) is 9.50 Å². The zero-order chi connectivity index (χ0) is 12.2. The number of rotatable bonds is 1. The molecule has 17 heavy (non-hydrogen) atoms. The summed E-state index contributed by atoms with van der Waals surface area (Å²) in [6.45, 7) is 0. The highest BCUT2D eigenvalue weighted by Gasteiger charge is 2.33. The number of fused-ring (bicyclic) bond motifs is 1. The largest absolute Gasteiger partial charge is 0.417 e. The average molecular weight is 242 g/mol. The average Bonchev–Trinajstić information content (AvgIpc) is 2.97. The van der Waals surface area contributed by atoms with E-state index in [0.29, 0.717) is 11.5 Å². The van der Waals surface area contributed by atoms with Crippen LogP contribution >= 0.6 is 0 Å². The van der Waals surface area contributed by atoms with Crippen LogP contribution in [0.1, 0.15) is 30.1 Å². The highest BCUT2D eigenvalue weighted by molar-refractivity contribution is 5.65. The summed E-state index contributed by atoms with van der Waals surface area (Å²) in [6.07, 6.45) is -1.52. The van der Waals surface area contributed by atoms with Gasteiger partial charge in [0.2, 0.25) is 0 Å². The molecule has 1 fully saturated rings. The van der Waals surface area contributed by atoms with Crippen molar-refractivity contribution in [2.45, 2.75) is 24.9 Å². The Morgan fingerprint density at radius 1 is 1.35 bits per heavy atom. The van der Waals surface area contributed by atoms with E-state index in [9.17, 15) is 13.2 Å². The van der Waals surface area contributed by atoms with Crippen molar-refractivity contribution in [3.63, 3.8) is 0 Å². The summed E-state index contributed by atoms with van der Waals surface area (Å²) in [6, 6.07) is 0.890. The van der Waals surface area contributed by atoms with E-state index in [1.807, 2.05) is 0 Å². The minimum atomic E-state index is -4.42. The number of hydrogen-bond acceptors (Lipinski definition) is 3. The number of nitrogen functional groups attached to an aromatic ring is 1. The van der Waals surface area contributed by atoms with Gasteiger partial charge in [0.15, 0.2) is 11.5 Å². The lowest BCUT2D eigenvalue weighted by Gasteiger charge is -2.07. The summed E-state index contributed by atoms with van der Waals surface area (Å²) in [4.78, 5) is 4.16. The monoisotopic (exact) mass is 242 g/mol. The Morgan fingerprint density at radius 2 is 2.06 bits per heavy atom. The van der Waals surface area contributed by atoms with Gasteiger partial charge in [0.1, 0.15) is 0 Å². The van der Waals surface area contributed by atoms with Crippen molar-refractivity contribution >= 4 is 11.3 Å². The Hall–Kier alpha value is -1.79. The lowest BCUT2D eigenvalue weighted by atomic mass is 10.2. The van der Waals surface area contributed by atoms with Crippen molar-refractivity contribution in [2.75, 3.05) is 5.73 Å². The summed E-state index contributed by atoms with van der Waals surface area (Å²) in [5.74, 6) is 0.861. The van der Waals surface area contributed by atoms with Crippen molar-refractivity contribution in [1.29, 1.82) is 0 Å². The molecule has 90 valence electrons. The molecule has 7 heteroatoms. The van der Waals surface area contributed by atoms with Crippen LogP contribution in [0.25, 0.3) is 5.65 Å². The SMILES string of the molecule is Nc1cc(C(F)(F)F)cn2nc(C3CC3)nc12. The second-order valence-electron chi connectivity index (χ2n) is 4.19. The van der Waals surface area contributed by atoms with Crippen LogP contribution in [0.5, 0.6) is 0 Å². The number of alkyl halides is 3. The number of nitrogens with zero attached hydrogens (tertiary/aromatic N) is 3. The van der Waals surface area contributed by atoms with Crippen molar-refractivity contribution in [3.05, 3.63) is 23.7 Å². The fourth-order valence-corrected chi connectivity index (χ4v) is 1.70. The molecule has 0 aromatic carbocycles. The molecule has 0 unspecified atom stereocenters. The first-order valence-corrected chi connectivity index (χ1v) is 5.18. The molecule has 0 aliphatic heterocycles. The van der Waals surface area contributed by atoms with Crippen molar-refractivity contribution in [3.8, 4) is 0 Å². The standard InChI is InChI=1S/C10H9F3N4/c11-10(12,13)6-3-7(14)9-15-8(5-1-2-5)16-17(9)4-6/h3-5H,1-2,14H2. The smallest absolute Gasteiger partial charge is 0.396 e. The topological polar surface area (TPSA) is 56.2 Å². The maximum Gasteiger partial charge on any atom is 0.417 e. The molecule has 1 saturated carbocycles. The normalized spacial score (nSPS) is 16.6. The molecule has 2 aromatic heterocycles. The molecule has 0 bridgehead atoms. The van der Waals surface area contributed by atoms with Gasteiger partial charge >= 0.3 is 6.18 Å². The molecule has 1 aliphatic carbocycles. The summed E-state index contributed by atoms with van der Waals surface area (Å²) >= 11 is 0. The highest BCUT2D eigenvalue weighted by Crippen LogP contribution is 2.39. The lowest BCUT2D eigenvalue weighted by Crippen LogP contribution is -2.08. The summed E-state index contributed by atoms with van der Waals surface area (Å²) in [7, 11) is 0. The predicted molar refractivity (Wildman–Crippen MR) is 54.4 cm³/mol. The van der Waals surface area contributed by atoms with E-state index < -0.39 is 11.7 Å². The zero-order valence-corrected chi connectivity index (χ0v) is 8.70. The van der Waals surface area contributed by atoms with Gasteiger partial charge in [0.05, 0.1) is 11.3 Å². The second kappa shape index (κ2) is 3.12. The van der Waals surface area contributed by atoms with E-state index in [1.165, 1.54) is 0 Å². The Labute approximate surface area is 94.2 Å². The highest BCUT2D eigenvalue weighted by atomic mass is 19.4. The molecular formula is C10H9F3N4. The van der Waals surface area contributed by atoms with Crippen LogP contribution in [0, 0.1) is 0 Å². The number of hydrogen-bond donors (Lipinski definition) is 1. The third kappa shape index (κ3) is 1.71. The van der Waals surface area contributed by atoms with Crippen LogP contribution in [0.2, 0.25) is 0 Å². The maximum atomic E-state index is 12.6. The minimum Gasteiger partial charge on any atom is -0.396 e. The van der Waals surface area contributed by atoms with Crippen LogP contribution in [0.15, 0.2) is 12.3 Å². The van der Waals surface area contributed by atoms with Crippen LogP contribution in [-0.4, -0.2) is 14.6 Å². The number of pyridine rings is 1. The van der Waals surface area contributed by atoms with E-state index >= 15 is 0 Å². The third-order valence-corrected chi connectivity index (χ3v) is 2.75. The third-order valence-electron chi connectivity index (χ3n) is 2.75. The fourth-order valence-electron chi connectivity index (χ4n) is 1.70. The molecule has 0 spiro atoms. The second-order valence-corrected chi connectivity index (χ2v) is 4.19. The first kappa shape index (κ1) is 10.4. The van der Waals surface area contributed by atoms with Crippen LogP contribution in [0.3, 0.4) is 0 Å². The van der Waals surface area contributed by atoms with Gasteiger partial charge in [-0.2, -0.15) is 18.3 Å². The maximum absolute atomic E-state index is 12.6. The Balaban J connectivity index is 2.18. The molecule has 1 aliphatic rings. The summed E-state index contributed by atoms with van der Waals surface area (Å²) in [5, 5.41) is 4.04. The van der Waals surface area contributed by atoms with Gasteiger partial charge in [-0.1, -0.05) is 0 Å². The molecule has 4 nitrogen and oxygen atoms in total. The van der Waals surface area contributed by atoms with Crippen molar-refractivity contribution < 1.29 is 13.2 Å². The Kier molecular flexibility index (Phi) is 1.90. The van der Waals surface area contributed by atoms with E-state index in [-0.39, 0.29) is 11.6 Å². The molecule has 2 N–H and O–H groups in total. The first-order valence-electron chi connectivity index (χ1n) is 5.18. The summed E-state index contributed by atoms with van der Waals surface area (Å²) in [5.41, 5.74) is 5.04. The van der Waals surface area contributed by atoms with Crippen LogP contribution < -0.4 is 5.73 Å². The quantitative estimate of drug-likeness (QED) is 0.834. The van der Waals surface area contributed by atoms with Gasteiger partial charge in [0, 0.05) is 12.1 Å². The summed E-state index contributed by atoms with van der Waals surface area (Å²) < 4.78 is 38.8. The minimum absolute atomic E-state index is 0.000718. The molecule has 3 rings (SSSR count). The first-order chi connectivity index (χ1) is 7.95. The molecule has 2 aromatic rings. The van der Waals surface area contributed by atoms with Gasteiger partial charge in [-0.3, -0.25) is 0 Å². The van der Waals surface area contributed by atoms with Gasteiger partial charge < -0.3 is 5.73 Å². The number of anilines is 1. The van der Waals surface area contributed by atoms with Crippen molar-refractivity contribution in [2.24, 2.45) is 0 Å². The molecule has 0 radical (unpaired) electrons. The van der Waals surface area contributed by atoms with Gasteiger partial charge in [-0.05, 0) is 18.9 Å². The number of nitrogens with two attached hydrogens (primary N) is 1. The van der Waals surface area contributed by atoms with Gasteiger partial charge in [-0.15, -0.1) is 0 Å². The fraction of sp³-hybridized carbons (Fsp3) is 0.400. The molecule has 2 heterocycles. The molecule has 0 saturated heterocycles. The van der Waals surface area contributed by atoms with Crippen molar-refractivity contribution in [1.82, 2.24) is 14.6 Å². The molecular weight excluding hydrogens is 233 g/mol.